The molecule has 22 heavy (non-hydrogen) atoms. The smallest absolute Gasteiger partial charge is 0.237 e. The Balaban J connectivity index is 1.89. The molecule has 2 aromatic carbocycles. The molecule has 1 aliphatic heterocycles. The van der Waals surface area contributed by atoms with Crippen LogP contribution in [0.15, 0.2) is 42.5 Å². The van der Waals surface area contributed by atoms with Crippen molar-refractivity contribution in [3.05, 3.63) is 64.7 Å². The topological polar surface area (TPSA) is 20.3 Å². The van der Waals surface area contributed by atoms with Gasteiger partial charge in [-0.2, -0.15) is 0 Å². The van der Waals surface area contributed by atoms with Gasteiger partial charge < -0.3 is 4.90 Å². The third-order valence-electron chi connectivity index (χ3n) is 4.83. The van der Waals surface area contributed by atoms with Crippen LogP contribution in [0.3, 0.4) is 0 Å². The lowest BCUT2D eigenvalue weighted by Gasteiger charge is -2.23. The SMILES string of the molecule is Cc1cc(C)cc(CCC2(C)C(=O)N(C)c3ccccc32)c1. The lowest BCUT2D eigenvalue weighted by atomic mass is 9.78. The predicted octanol–water partition coefficient (Wildman–Crippen LogP) is 4.17. The molecule has 2 nitrogen and oxygen atoms in total. The van der Waals surface area contributed by atoms with Gasteiger partial charge in [-0.3, -0.25) is 4.79 Å². The van der Waals surface area contributed by atoms with E-state index in [1.165, 1.54) is 16.7 Å². The molecule has 1 atom stereocenters. The molecule has 0 spiro atoms. The summed E-state index contributed by atoms with van der Waals surface area (Å²) in [6.07, 6.45) is 1.77. The first kappa shape index (κ1) is 14.8. The zero-order valence-corrected chi connectivity index (χ0v) is 13.8. The molecular formula is C20H23NO. The monoisotopic (exact) mass is 293 g/mol. The molecule has 1 unspecified atom stereocenters. The standard InChI is InChI=1S/C20H23NO/c1-14-11-15(2)13-16(12-14)9-10-20(3)17-7-5-6-8-18(17)21(4)19(20)22/h5-8,11-13H,9-10H2,1-4H3. The molecule has 0 saturated carbocycles. The minimum atomic E-state index is -0.414. The van der Waals surface area contributed by atoms with Gasteiger partial charge in [0.2, 0.25) is 5.91 Å². The van der Waals surface area contributed by atoms with Gasteiger partial charge >= 0.3 is 0 Å². The third-order valence-corrected chi connectivity index (χ3v) is 4.83. The third kappa shape index (κ3) is 2.33. The summed E-state index contributed by atoms with van der Waals surface area (Å²) in [7, 11) is 1.88. The van der Waals surface area contributed by atoms with Crippen molar-refractivity contribution in [3.8, 4) is 0 Å². The van der Waals surface area contributed by atoms with Crippen LogP contribution in [0, 0.1) is 13.8 Å². The first-order valence-corrected chi connectivity index (χ1v) is 7.87. The summed E-state index contributed by atoms with van der Waals surface area (Å²) in [4.78, 5) is 14.6. The summed E-state index contributed by atoms with van der Waals surface area (Å²) >= 11 is 0. The van der Waals surface area contributed by atoms with E-state index in [4.69, 9.17) is 0 Å². The van der Waals surface area contributed by atoms with Gasteiger partial charge in [-0.15, -0.1) is 0 Å². The van der Waals surface area contributed by atoms with E-state index in [2.05, 4.69) is 45.0 Å². The molecule has 0 radical (unpaired) electrons. The second kappa shape index (κ2) is 5.28. The minimum absolute atomic E-state index is 0.207. The first-order chi connectivity index (χ1) is 10.4. The number of carbonyl (C=O) groups is 1. The normalized spacial score (nSPS) is 20.4. The molecule has 2 heteroatoms. The van der Waals surface area contributed by atoms with Crippen LogP contribution in [-0.2, 0) is 16.6 Å². The number of likely N-dealkylation sites (N-methyl/N-ethyl adjacent to an activating group) is 1. The van der Waals surface area contributed by atoms with Crippen molar-refractivity contribution in [1.29, 1.82) is 0 Å². The van der Waals surface area contributed by atoms with Crippen LogP contribution in [0.4, 0.5) is 5.69 Å². The van der Waals surface area contributed by atoms with Gasteiger partial charge in [0.15, 0.2) is 0 Å². The summed E-state index contributed by atoms with van der Waals surface area (Å²) in [5, 5.41) is 0. The Kier molecular flexibility index (Phi) is 3.56. The molecule has 1 amide bonds. The van der Waals surface area contributed by atoms with Gasteiger partial charge in [-0.1, -0.05) is 47.5 Å². The van der Waals surface area contributed by atoms with Crippen LogP contribution < -0.4 is 4.90 Å². The summed E-state index contributed by atoms with van der Waals surface area (Å²) in [5.74, 6) is 0.207. The highest BCUT2D eigenvalue weighted by Crippen LogP contribution is 2.43. The highest BCUT2D eigenvalue weighted by Gasteiger charge is 2.45. The summed E-state index contributed by atoms with van der Waals surface area (Å²) in [6.45, 7) is 6.34. The molecule has 0 saturated heterocycles. The second-order valence-corrected chi connectivity index (χ2v) is 6.71. The fourth-order valence-corrected chi connectivity index (χ4v) is 3.68. The summed E-state index contributed by atoms with van der Waals surface area (Å²) in [6, 6.07) is 14.8. The van der Waals surface area contributed by atoms with Gasteiger partial charge in [0, 0.05) is 12.7 Å². The van der Waals surface area contributed by atoms with Crippen molar-refractivity contribution in [1.82, 2.24) is 0 Å². The van der Waals surface area contributed by atoms with E-state index in [9.17, 15) is 4.79 Å². The van der Waals surface area contributed by atoms with E-state index in [1.54, 1.807) is 4.90 Å². The Bertz CT molecular complexity index is 714. The number of benzene rings is 2. The number of fused-ring (bicyclic) bond motifs is 1. The largest absolute Gasteiger partial charge is 0.314 e. The van der Waals surface area contributed by atoms with E-state index in [0.29, 0.717) is 0 Å². The van der Waals surface area contributed by atoms with Crippen LogP contribution >= 0.6 is 0 Å². The fourth-order valence-electron chi connectivity index (χ4n) is 3.68. The molecule has 0 aliphatic carbocycles. The Morgan fingerprint density at radius 2 is 1.68 bits per heavy atom. The van der Waals surface area contributed by atoms with Crippen LogP contribution in [0.5, 0.6) is 0 Å². The van der Waals surface area contributed by atoms with Crippen LogP contribution in [-0.4, -0.2) is 13.0 Å². The number of para-hydroxylation sites is 1. The van der Waals surface area contributed by atoms with Gasteiger partial charge in [-0.05, 0) is 50.8 Å². The maximum absolute atomic E-state index is 12.8. The lowest BCUT2D eigenvalue weighted by Crippen LogP contribution is -2.36. The molecular weight excluding hydrogens is 270 g/mol. The van der Waals surface area contributed by atoms with Crippen molar-refractivity contribution in [2.45, 2.75) is 39.0 Å². The number of hydrogen-bond donors (Lipinski definition) is 0. The lowest BCUT2D eigenvalue weighted by molar-refractivity contribution is -0.122. The summed E-state index contributed by atoms with van der Waals surface area (Å²) < 4.78 is 0. The molecule has 0 N–H and O–H groups in total. The maximum atomic E-state index is 12.8. The molecule has 0 aromatic heterocycles. The first-order valence-electron chi connectivity index (χ1n) is 7.87. The highest BCUT2D eigenvalue weighted by molar-refractivity contribution is 6.07. The van der Waals surface area contributed by atoms with Gasteiger partial charge in [0.1, 0.15) is 0 Å². The number of hydrogen-bond acceptors (Lipinski definition) is 1. The van der Waals surface area contributed by atoms with Crippen LogP contribution in [0.2, 0.25) is 0 Å². The summed E-state index contributed by atoms with van der Waals surface area (Å²) in [5.41, 5.74) is 5.69. The van der Waals surface area contributed by atoms with E-state index in [1.807, 2.05) is 25.2 Å². The van der Waals surface area contributed by atoms with Gasteiger partial charge in [0.05, 0.1) is 5.41 Å². The van der Waals surface area contributed by atoms with E-state index >= 15 is 0 Å². The molecule has 2 aromatic rings. The van der Waals surface area contributed by atoms with Gasteiger partial charge in [0.25, 0.3) is 0 Å². The van der Waals surface area contributed by atoms with Crippen molar-refractivity contribution in [2.24, 2.45) is 0 Å². The average molecular weight is 293 g/mol. The number of carbonyl (C=O) groups excluding carboxylic acids is 1. The van der Waals surface area contributed by atoms with E-state index < -0.39 is 5.41 Å². The number of rotatable bonds is 3. The van der Waals surface area contributed by atoms with Crippen molar-refractivity contribution in [2.75, 3.05) is 11.9 Å². The highest BCUT2D eigenvalue weighted by atomic mass is 16.2. The van der Waals surface area contributed by atoms with Crippen LogP contribution in [0.1, 0.15) is 35.6 Å². The molecule has 3 rings (SSSR count). The quantitative estimate of drug-likeness (QED) is 0.831. The fraction of sp³-hybridized carbons (Fsp3) is 0.350. The molecule has 0 bridgehead atoms. The Morgan fingerprint density at radius 1 is 1.05 bits per heavy atom. The van der Waals surface area contributed by atoms with E-state index in [0.717, 1.165) is 24.1 Å². The molecule has 0 fully saturated rings. The number of amides is 1. The Morgan fingerprint density at radius 3 is 2.36 bits per heavy atom. The van der Waals surface area contributed by atoms with Crippen LogP contribution in [0.25, 0.3) is 0 Å². The Hall–Kier alpha value is -2.09. The zero-order valence-electron chi connectivity index (χ0n) is 13.8. The van der Waals surface area contributed by atoms with Gasteiger partial charge in [-0.25, -0.2) is 0 Å². The zero-order chi connectivity index (χ0) is 15.9. The van der Waals surface area contributed by atoms with Crippen molar-refractivity contribution in [3.63, 3.8) is 0 Å². The molecule has 1 heterocycles. The average Bonchev–Trinajstić information content (AvgIpc) is 2.68. The predicted molar refractivity (Wildman–Crippen MR) is 91.4 cm³/mol. The molecule has 1 aliphatic rings. The number of aryl methyl sites for hydroxylation is 3. The number of nitrogens with zero attached hydrogens (tertiary/aromatic N) is 1. The maximum Gasteiger partial charge on any atom is 0.237 e. The van der Waals surface area contributed by atoms with Crippen molar-refractivity contribution >= 4 is 11.6 Å². The minimum Gasteiger partial charge on any atom is -0.314 e. The molecule has 114 valence electrons. The van der Waals surface area contributed by atoms with Crippen molar-refractivity contribution < 1.29 is 4.79 Å². The Labute approximate surface area is 132 Å². The van der Waals surface area contributed by atoms with E-state index in [-0.39, 0.29) is 5.91 Å². The second-order valence-electron chi connectivity index (χ2n) is 6.71. The number of anilines is 1.